The molecule has 0 unspecified atom stereocenters. The van der Waals surface area contributed by atoms with Crippen LogP contribution >= 0.6 is 0 Å². The minimum absolute atomic E-state index is 0.152. The van der Waals surface area contributed by atoms with Gasteiger partial charge in [-0.3, -0.25) is 14.8 Å². The number of benzene rings is 1. The van der Waals surface area contributed by atoms with E-state index in [1.54, 1.807) is 16.8 Å². The Labute approximate surface area is 115 Å². The first kappa shape index (κ1) is 12.4. The van der Waals surface area contributed by atoms with Crippen molar-refractivity contribution in [2.24, 2.45) is 7.05 Å². The fourth-order valence-electron chi connectivity index (χ4n) is 2.43. The summed E-state index contributed by atoms with van der Waals surface area (Å²) in [6.45, 7) is 0.694. The number of nitro groups is 1. The van der Waals surface area contributed by atoms with Crippen molar-refractivity contribution in [3.05, 3.63) is 58.5 Å². The Hall–Kier alpha value is -2.63. The minimum Gasteiger partial charge on any atom is -0.342 e. The Balaban J connectivity index is 1.93. The van der Waals surface area contributed by atoms with E-state index in [1.807, 2.05) is 42.3 Å². The van der Waals surface area contributed by atoms with E-state index in [4.69, 9.17) is 0 Å². The van der Waals surface area contributed by atoms with Gasteiger partial charge in [0.2, 0.25) is 0 Å². The van der Waals surface area contributed by atoms with E-state index in [0.717, 1.165) is 17.4 Å². The van der Waals surface area contributed by atoms with E-state index in [-0.39, 0.29) is 10.6 Å². The molecule has 0 saturated heterocycles. The molecule has 0 fully saturated rings. The summed E-state index contributed by atoms with van der Waals surface area (Å²) < 4.78 is 3.69. The molecule has 0 N–H and O–H groups in total. The van der Waals surface area contributed by atoms with Crippen LogP contribution in [-0.2, 0) is 20.0 Å². The van der Waals surface area contributed by atoms with Gasteiger partial charge < -0.3 is 4.57 Å². The van der Waals surface area contributed by atoms with Crippen LogP contribution in [0.1, 0.15) is 5.56 Å². The molecule has 2 aromatic heterocycles. The van der Waals surface area contributed by atoms with Crippen LogP contribution in [0.2, 0.25) is 0 Å². The lowest BCUT2D eigenvalue weighted by molar-refractivity contribution is -0.383. The molecule has 0 radical (unpaired) electrons. The molecule has 3 aromatic rings. The van der Waals surface area contributed by atoms with E-state index in [1.165, 1.54) is 0 Å². The van der Waals surface area contributed by atoms with Gasteiger partial charge in [-0.05, 0) is 18.1 Å². The van der Waals surface area contributed by atoms with Crippen LogP contribution in [0.5, 0.6) is 0 Å². The average Bonchev–Trinajstić information content (AvgIpc) is 3.02. The molecule has 6 heteroatoms. The van der Waals surface area contributed by atoms with E-state index in [2.05, 4.69) is 5.10 Å². The topological polar surface area (TPSA) is 65.9 Å². The third kappa shape index (κ3) is 2.16. The fraction of sp³-hybridized carbons (Fsp3) is 0.214. The first-order valence-corrected chi connectivity index (χ1v) is 6.35. The van der Waals surface area contributed by atoms with Gasteiger partial charge in [-0.25, -0.2) is 0 Å². The van der Waals surface area contributed by atoms with Crippen LogP contribution in [0, 0.1) is 10.1 Å². The highest BCUT2D eigenvalue weighted by atomic mass is 16.6. The second-order valence-corrected chi connectivity index (χ2v) is 4.75. The molecule has 2 heterocycles. The van der Waals surface area contributed by atoms with Crippen molar-refractivity contribution in [3.63, 3.8) is 0 Å². The van der Waals surface area contributed by atoms with Crippen LogP contribution in [0.3, 0.4) is 0 Å². The molecule has 20 heavy (non-hydrogen) atoms. The number of fused-ring (bicyclic) bond motifs is 1. The van der Waals surface area contributed by atoms with Crippen molar-refractivity contribution in [3.8, 4) is 0 Å². The first-order chi connectivity index (χ1) is 9.65. The quantitative estimate of drug-likeness (QED) is 0.540. The number of aromatic nitrogens is 3. The SMILES string of the molecule is Cn1cc(CCn2ccc3cccc([N+](=O)[O-])c32)cn1. The molecule has 0 atom stereocenters. The zero-order valence-corrected chi connectivity index (χ0v) is 11.1. The molecule has 3 rings (SSSR count). The normalized spacial score (nSPS) is 11.1. The molecule has 0 bridgehead atoms. The summed E-state index contributed by atoms with van der Waals surface area (Å²) in [6.07, 6.45) is 6.47. The summed E-state index contributed by atoms with van der Waals surface area (Å²) >= 11 is 0. The average molecular weight is 270 g/mol. The highest BCUT2D eigenvalue weighted by Crippen LogP contribution is 2.26. The lowest BCUT2D eigenvalue weighted by atomic mass is 10.2. The van der Waals surface area contributed by atoms with Crippen molar-refractivity contribution in [1.82, 2.24) is 14.3 Å². The van der Waals surface area contributed by atoms with Crippen molar-refractivity contribution >= 4 is 16.6 Å². The highest BCUT2D eigenvalue weighted by Gasteiger charge is 2.15. The lowest BCUT2D eigenvalue weighted by Gasteiger charge is -2.04. The lowest BCUT2D eigenvalue weighted by Crippen LogP contribution is -2.01. The summed E-state index contributed by atoms with van der Waals surface area (Å²) in [6, 6.07) is 7.06. The van der Waals surface area contributed by atoms with Gasteiger partial charge in [-0.1, -0.05) is 12.1 Å². The summed E-state index contributed by atoms with van der Waals surface area (Å²) in [5.41, 5.74) is 1.95. The Bertz CT molecular complexity index is 772. The molecule has 1 aromatic carbocycles. The fourth-order valence-corrected chi connectivity index (χ4v) is 2.43. The number of hydrogen-bond donors (Lipinski definition) is 0. The molecular weight excluding hydrogens is 256 g/mol. The van der Waals surface area contributed by atoms with Crippen molar-refractivity contribution in [2.75, 3.05) is 0 Å². The molecule has 102 valence electrons. The van der Waals surface area contributed by atoms with Crippen molar-refractivity contribution in [2.45, 2.75) is 13.0 Å². The van der Waals surface area contributed by atoms with E-state index in [9.17, 15) is 10.1 Å². The number of para-hydroxylation sites is 1. The number of hydrogen-bond acceptors (Lipinski definition) is 3. The molecular formula is C14H14N4O2. The third-order valence-corrected chi connectivity index (χ3v) is 3.36. The summed E-state index contributed by atoms with van der Waals surface area (Å²) in [5, 5.41) is 16.1. The predicted octanol–water partition coefficient (Wildman–Crippen LogP) is 2.53. The van der Waals surface area contributed by atoms with Gasteiger partial charge in [0.1, 0.15) is 5.52 Å². The predicted molar refractivity (Wildman–Crippen MR) is 75.5 cm³/mol. The Morgan fingerprint density at radius 1 is 1.35 bits per heavy atom. The molecule has 0 aliphatic heterocycles. The maximum absolute atomic E-state index is 11.1. The summed E-state index contributed by atoms with van der Waals surface area (Å²) in [5.74, 6) is 0. The molecule has 6 nitrogen and oxygen atoms in total. The molecule has 0 aliphatic carbocycles. The Morgan fingerprint density at radius 3 is 2.90 bits per heavy atom. The second kappa shape index (κ2) is 4.80. The van der Waals surface area contributed by atoms with Crippen LogP contribution in [0.25, 0.3) is 10.9 Å². The zero-order valence-electron chi connectivity index (χ0n) is 11.1. The molecule has 0 aliphatic rings. The zero-order chi connectivity index (χ0) is 14.1. The monoisotopic (exact) mass is 270 g/mol. The number of rotatable bonds is 4. The smallest absolute Gasteiger partial charge is 0.293 e. The molecule has 0 amide bonds. The standard InChI is InChI=1S/C14H14N4O2/c1-16-10-11(9-15-16)5-7-17-8-6-12-3-2-4-13(14(12)17)18(19)20/h2-4,6,8-10H,5,7H2,1H3. The summed E-state index contributed by atoms with van der Waals surface area (Å²) in [7, 11) is 1.87. The number of non-ortho nitro benzene ring substituents is 1. The third-order valence-electron chi connectivity index (χ3n) is 3.36. The van der Waals surface area contributed by atoms with Crippen molar-refractivity contribution < 1.29 is 4.92 Å². The minimum atomic E-state index is -0.330. The van der Waals surface area contributed by atoms with E-state index < -0.39 is 0 Å². The van der Waals surface area contributed by atoms with Gasteiger partial charge in [0.15, 0.2) is 0 Å². The molecule has 0 saturated carbocycles. The first-order valence-electron chi connectivity index (χ1n) is 6.35. The van der Waals surface area contributed by atoms with Gasteiger partial charge in [-0.15, -0.1) is 0 Å². The van der Waals surface area contributed by atoms with Gasteiger partial charge in [0, 0.05) is 37.4 Å². The summed E-state index contributed by atoms with van der Waals surface area (Å²) in [4.78, 5) is 10.8. The number of nitro benzene ring substituents is 1. The van der Waals surface area contributed by atoms with Crippen LogP contribution in [-0.4, -0.2) is 19.3 Å². The number of nitrogens with zero attached hydrogens (tertiary/aromatic N) is 4. The van der Waals surface area contributed by atoms with Gasteiger partial charge in [-0.2, -0.15) is 5.10 Å². The molecule has 0 spiro atoms. The van der Waals surface area contributed by atoms with Gasteiger partial charge in [0.05, 0.1) is 11.1 Å². The van der Waals surface area contributed by atoms with Crippen LogP contribution in [0.4, 0.5) is 5.69 Å². The highest BCUT2D eigenvalue weighted by molar-refractivity contribution is 5.88. The Kier molecular flexibility index (Phi) is 2.98. The van der Waals surface area contributed by atoms with Gasteiger partial charge >= 0.3 is 0 Å². The largest absolute Gasteiger partial charge is 0.342 e. The van der Waals surface area contributed by atoms with E-state index in [0.29, 0.717) is 12.1 Å². The maximum Gasteiger partial charge on any atom is 0.293 e. The second-order valence-electron chi connectivity index (χ2n) is 4.75. The maximum atomic E-state index is 11.1. The van der Waals surface area contributed by atoms with Crippen LogP contribution < -0.4 is 0 Å². The van der Waals surface area contributed by atoms with Crippen LogP contribution in [0.15, 0.2) is 42.9 Å². The Morgan fingerprint density at radius 2 is 2.20 bits per heavy atom. The number of aryl methyl sites for hydroxylation is 3. The van der Waals surface area contributed by atoms with Gasteiger partial charge in [0.25, 0.3) is 5.69 Å². The van der Waals surface area contributed by atoms with E-state index >= 15 is 0 Å². The van der Waals surface area contributed by atoms with Crippen molar-refractivity contribution in [1.29, 1.82) is 0 Å².